The molecule has 1 nitrogen and oxygen atoms in total. The van der Waals surface area contributed by atoms with Crippen molar-refractivity contribution < 1.29 is 0 Å². The van der Waals surface area contributed by atoms with E-state index >= 15 is 0 Å². The van der Waals surface area contributed by atoms with Crippen LogP contribution < -0.4 is 5.32 Å². The molecule has 1 aliphatic rings. The fourth-order valence-electron chi connectivity index (χ4n) is 2.76. The molecule has 2 atom stereocenters. The number of aryl methyl sites for hydroxylation is 1. The van der Waals surface area contributed by atoms with Crippen LogP contribution in [0.5, 0.6) is 0 Å². The summed E-state index contributed by atoms with van der Waals surface area (Å²) < 4.78 is 0.465. The van der Waals surface area contributed by atoms with Crippen molar-refractivity contribution in [2.24, 2.45) is 0 Å². The lowest BCUT2D eigenvalue weighted by Gasteiger charge is -2.34. The largest absolute Gasteiger partial charge is 0.313 e. The molecule has 2 heterocycles. The highest BCUT2D eigenvalue weighted by Crippen LogP contribution is 2.41. The number of thiophene rings is 1. The molecule has 0 spiro atoms. The molecular formula is C15H25NS2. The maximum Gasteiger partial charge on any atom is 0.0285 e. The molecule has 0 aliphatic carbocycles. The molecule has 2 rings (SSSR count). The van der Waals surface area contributed by atoms with Gasteiger partial charge in [-0.25, -0.2) is 0 Å². The predicted molar refractivity (Wildman–Crippen MR) is 84.8 cm³/mol. The number of nitrogens with one attached hydrogen (secondary N) is 1. The van der Waals surface area contributed by atoms with Gasteiger partial charge in [0.15, 0.2) is 0 Å². The minimum absolute atomic E-state index is 0.465. The van der Waals surface area contributed by atoms with Gasteiger partial charge in [0.2, 0.25) is 0 Å². The van der Waals surface area contributed by atoms with Crippen molar-refractivity contribution in [1.29, 1.82) is 0 Å². The lowest BCUT2D eigenvalue weighted by Crippen LogP contribution is -2.45. The van der Waals surface area contributed by atoms with E-state index in [2.05, 4.69) is 48.4 Å². The van der Waals surface area contributed by atoms with Crippen LogP contribution in [0, 0.1) is 0 Å². The van der Waals surface area contributed by atoms with Crippen LogP contribution in [0.25, 0.3) is 0 Å². The highest BCUT2D eigenvalue weighted by molar-refractivity contribution is 8.00. The first-order valence-corrected chi connectivity index (χ1v) is 9.01. The van der Waals surface area contributed by atoms with Gasteiger partial charge in [-0.15, -0.1) is 11.3 Å². The topological polar surface area (TPSA) is 12.0 Å². The van der Waals surface area contributed by atoms with Crippen LogP contribution in [0.2, 0.25) is 0 Å². The average molecular weight is 284 g/mol. The standard InChI is InChI=1S/C15H25NS2/c1-3-10-16-14(15(2)9-5-12-18-15)8-7-13-6-4-11-17-13/h4,6,11,14,16H,3,5,7-10,12H2,1-2H3. The van der Waals surface area contributed by atoms with Crippen molar-refractivity contribution in [3.63, 3.8) is 0 Å². The molecule has 18 heavy (non-hydrogen) atoms. The molecule has 0 radical (unpaired) electrons. The Balaban J connectivity index is 1.91. The Morgan fingerprint density at radius 3 is 3.00 bits per heavy atom. The van der Waals surface area contributed by atoms with Gasteiger partial charge in [-0.1, -0.05) is 13.0 Å². The van der Waals surface area contributed by atoms with Crippen LogP contribution in [-0.2, 0) is 6.42 Å². The van der Waals surface area contributed by atoms with Gasteiger partial charge in [0.1, 0.15) is 0 Å². The summed E-state index contributed by atoms with van der Waals surface area (Å²) in [6.07, 6.45) is 6.52. The number of rotatable bonds is 7. The molecule has 3 heteroatoms. The Kier molecular flexibility index (Phi) is 5.58. The summed E-state index contributed by atoms with van der Waals surface area (Å²) in [6, 6.07) is 5.11. The third kappa shape index (κ3) is 3.75. The maximum atomic E-state index is 3.80. The molecule has 1 saturated heterocycles. The van der Waals surface area contributed by atoms with E-state index in [0.717, 1.165) is 6.54 Å². The summed E-state index contributed by atoms with van der Waals surface area (Å²) >= 11 is 4.08. The molecular weight excluding hydrogens is 258 g/mol. The molecule has 0 saturated carbocycles. The maximum absolute atomic E-state index is 3.80. The van der Waals surface area contributed by atoms with Crippen LogP contribution in [0.3, 0.4) is 0 Å². The van der Waals surface area contributed by atoms with E-state index in [1.54, 1.807) is 0 Å². The first-order valence-electron chi connectivity index (χ1n) is 7.14. The van der Waals surface area contributed by atoms with Gasteiger partial charge in [-0.3, -0.25) is 0 Å². The molecule has 0 aromatic carbocycles. The Morgan fingerprint density at radius 2 is 2.39 bits per heavy atom. The second kappa shape index (κ2) is 6.97. The zero-order valence-corrected chi connectivity index (χ0v) is 13.2. The molecule has 0 amide bonds. The second-order valence-corrected chi connectivity index (χ2v) is 8.05. The molecule has 2 unspecified atom stereocenters. The lowest BCUT2D eigenvalue weighted by atomic mass is 9.92. The molecule has 1 fully saturated rings. The molecule has 1 aromatic heterocycles. The van der Waals surface area contributed by atoms with E-state index in [0.29, 0.717) is 10.8 Å². The first-order chi connectivity index (χ1) is 8.74. The Morgan fingerprint density at radius 1 is 1.50 bits per heavy atom. The van der Waals surface area contributed by atoms with Crippen molar-refractivity contribution in [3.05, 3.63) is 22.4 Å². The fourth-order valence-corrected chi connectivity index (χ4v) is 4.93. The van der Waals surface area contributed by atoms with E-state index in [4.69, 9.17) is 0 Å². The monoisotopic (exact) mass is 283 g/mol. The van der Waals surface area contributed by atoms with Gasteiger partial charge in [0, 0.05) is 15.7 Å². The summed E-state index contributed by atoms with van der Waals surface area (Å²) in [6.45, 7) is 5.88. The normalized spacial score (nSPS) is 25.4. The highest BCUT2D eigenvalue weighted by Gasteiger charge is 2.37. The van der Waals surface area contributed by atoms with Crippen molar-refractivity contribution >= 4 is 23.1 Å². The smallest absolute Gasteiger partial charge is 0.0285 e. The zero-order chi connectivity index (χ0) is 12.8. The molecule has 0 bridgehead atoms. The van der Waals surface area contributed by atoms with E-state index < -0.39 is 0 Å². The predicted octanol–water partition coefficient (Wildman–Crippen LogP) is 4.33. The Hall–Kier alpha value is 0.01000. The van der Waals surface area contributed by atoms with Crippen LogP contribution in [-0.4, -0.2) is 23.1 Å². The Labute approximate surface area is 120 Å². The quantitative estimate of drug-likeness (QED) is 0.799. The van der Waals surface area contributed by atoms with Gasteiger partial charge in [-0.2, -0.15) is 11.8 Å². The number of hydrogen-bond acceptors (Lipinski definition) is 3. The van der Waals surface area contributed by atoms with Crippen LogP contribution in [0.4, 0.5) is 0 Å². The van der Waals surface area contributed by atoms with Crippen molar-refractivity contribution in [2.45, 2.75) is 56.7 Å². The summed E-state index contributed by atoms with van der Waals surface area (Å²) in [4.78, 5) is 1.53. The second-order valence-electron chi connectivity index (χ2n) is 5.39. The number of thioether (sulfide) groups is 1. The summed E-state index contributed by atoms with van der Waals surface area (Å²) in [5.74, 6) is 1.35. The van der Waals surface area contributed by atoms with Crippen molar-refractivity contribution in [2.75, 3.05) is 12.3 Å². The molecule has 1 aliphatic heterocycles. The summed E-state index contributed by atoms with van der Waals surface area (Å²) in [5, 5.41) is 5.99. The van der Waals surface area contributed by atoms with E-state index in [-0.39, 0.29) is 0 Å². The van der Waals surface area contributed by atoms with Gasteiger partial charge < -0.3 is 5.32 Å². The van der Waals surface area contributed by atoms with Gasteiger partial charge >= 0.3 is 0 Å². The third-order valence-corrected chi connectivity index (χ3v) is 6.46. The lowest BCUT2D eigenvalue weighted by molar-refractivity contribution is 0.381. The van der Waals surface area contributed by atoms with Crippen molar-refractivity contribution in [3.8, 4) is 0 Å². The molecule has 1 aromatic rings. The highest BCUT2D eigenvalue weighted by atomic mass is 32.2. The van der Waals surface area contributed by atoms with Crippen LogP contribution in [0.1, 0.15) is 44.4 Å². The van der Waals surface area contributed by atoms with Crippen LogP contribution >= 0.6 is 23.1 Å². The van der Waals surface area contributed by atoms with E-state index in [1.165, 1.54) is 42.7 Å². The van der Waals surface area contributed by atoms with Crippen molar-refractivity contribution in [1.82, 2.24) is 5.32 Å². The number of hydrogen-bond donors (Lipinski definition) is 1. The van der Waals surface area contributed by atoms with E-state index in [9.17, 15) is 0 Å². The van der Waals surface area contributed by atoms with Gasteiger partial charge in [-0.05, 0) is 62.8 Å². The van der Waals surface area contributed by atoms with Crippen LogP contribution in [0.15, 0.2) is 17.5 Å². The first kappa shape index (κ1) is 14.4. The third-order valence-electron chi connectivity index (χ3n) is 3.89. The van der Waals surface area contributed by atoms with Gasteiger partial charge in [0.25, 0.3) is 0 Å². The van der Waals surface area contributed by atoms with E-state index in [1.807, 2.05) is 11.3 Å². The van der Waals surface area contributed by atoms with Gasteiger partial charge in [0.05, 0.1) is 0 Å². The molecule has 1 N–H and O–H groups in total. The fraction of sp³-hybridized carbons (Fsp3) is 0.733. The average Bonchev–Trinajstić information content (AvgIpc) is 3.01. The molecule has 102 valence electrons. The Bertz CT molecular complexity index is 328. The minimum Gasteiger partial charge on any atom is -0.313 e. The summed E-state index contributed by atoms with van der Waals surface area (Å²) in [7, 11) is 0. The summed E-state index contributed by atoms with van der Waals surface area (Å²) in [5.41, 5.74) is 0. The minimum atomic E-state index is 0.465. The SMILES string of the molecule is CCCNC(CCc1cccs1)C1(C)CCCS1. The zero-order valence-electron chi connectivity index (χ0n) is 11.6.